The molecule has 19 heavy (non-hydrogen) atoms. The number of carboxylic acids is 3. The van der Waals surface area contributed by atoms with Crippen LogP contribution in [-0.2, 0) is 18.9 Å². The number of aliphatic carboxylic acids is 3. The highest BCUT2D eigenvalue weighted by Crippen LogP contribution is 2.14. The van der Waals surface area contributed by atoms with Gasteiger partial charge in [-0.3, -0.25) is 14.4 Å². The van der Waals surface area contributed by atoms with Crippen LogP contribution in [0.1, 0.15) is 12.8 Å². The van der Waals surface area contributed by atoms with Gasteiger partial charge in [-0.05, 0) is 11.0 Å². The van der Waals surface area contributed by atoms with Crippen LogP contribution in [0.2, 0.25) is 0 Å². The van der Waals surface area contributed by atoms with Crippen molar-refractivity contribution < 1.29 is 34.3 Å². The number of nitrogens with one attached hydrogen (secondary N) is 2. The first-order chi connectivity index (χ1) is 8.77. The summed E-state index contributed by atoms with van der Waals surface area (Å²) in [6.07, 6.45) is -0.686. The van der Waals surface area contributed by atoms with E-state index < -0.39 is 44.5 Å². The molecule has 0 aliphatic rings. The number of carbonyl (C=O) groups is 3. The first-order valence-electron chi connectivity index (χ1n) is 5.05. The standard InChI is InChI=1S/C8H13N2O7PS/c11-6(12)2-1-4(7(13)14)9-18(17)10-5(3-19)8(15)16/h4-5H,1-3H2,(H5-,9,10,11,12,13,14,15,16,17,19)/p+1/t4-,5-/m0/s1. The van der Waals surface area contributed by atoms with Crippen molar-refractivity contribution in [1.82, 2.24) is 10.2 Å². The lowest BCUT2D eigenvalue weighted by molar-refractivity contribution is -0.140. The van der Waals surface area contributed by atoms with E-state index in [0.717, 1.165) is 0 Å². The van der Waals surface area contributed by atoms with Crippen molar-refractivity contribution in [3.05, 3.63) is 0 Å². The minimum Gasteiger partial charge on any atom is -0.481 e. The molecule has 0 aromatic heterocycles. The monoisotopic (exact) mass is 313 g/mol. The van der Waals surface area contributed by atoms with E-state index in [4.69, 9.17) is 15.3 Å². The summed E-state index contributed by atoms with van der Waals surface area (Å²) in [5.41, 5.74) is 0. The molecular weight excluding hydrogens is 299 g/mol. The van der Waals surface area contributed by atoms with E-state index >= 15 is 0 Å². The molecule has 0 heterocycles. The van der Waals surface area contributed by atoms with E-state index in [1.54, 1.807) is 0 Å². The first-order valence-corrected chi connectivity index (χ1v) is 6.95. The van der Waals surface area contributed by atoms with Gasteiger partial charge in [-0.25, -0.2) is 0 Å². The Hall–Kier alpha value is -1.22. The third kappa shape index (κ3) is 7.73. The van der Waals surface area contributed by atoms with Gasteiger partial charge >= 0.3 is 26.0 Å². The van der Waals surface area contributed by atoms with Crippen LogP contribution in [0.25, 0.3) is 0 Å². The van der Waals surface area contributed by atoms with Crippen LogP contribution < -0.4 is 10.2 Å². The fourth-order valence-corrected chi connectivity index (χ4v) is 2.48. The quantitative estimate of drug-likeness (QED) is 0.232. The molecule has 0 aliphatic heterocycles. The summed E-state index contributed by atoms with van der Waals surface area (Å²) in [4.78, 5) is 31.8. The lowest BCUT2D eigenvalue weighted by atomic mass is 10.2. The second-order valence-electron chi connectivity index (χ2n) is 3.45. The molecule has 0 spiro atoms. The third-order valence-electron chi connectivity index (χ3n) is 1.97. The lowest BCUT2D eigenvalue weighted by Gasteiger charge is -2.07. The molecule has 0 bridgehead atoms. The molecule has 1 unspecified atom stereocenters. The zero-order valence-electron chi connectivity index (χ0n) is 9.65. The zero-order valence-corrected chi connectivity index (χ0v) is 11.4. The van der Waals surface area contributed by atoms with Crippen LogP contribution in [0, 0.1) is 0 Å². The summed E-state index contributed by atoms with van der Waals surface area (Å²) in [6.45, 7) is 0. The molecule has 11 heteroatoms. The SMILES string of the molecule is O=C(O)CC[C@H](N[P+](=O)N[C@@H](CS)C(=O)O)C(=O)O. The Morgan fingerprint density at radius 3 is 1.89 bits per heavy atom. The molecule has 5 N–H and O–H groups in total. The summed E-state index contributed by atoms with van der Waals surface area (Å²) in [5.74, 6) is -3.97. The van der Waals surface area contributed by atoms with E-state index in [0.29, 0.717) is 0 Å². The molecule has 0 rings (SSSR count). The van der Waals surface area contributed by atoms with Crippen molar-refractivity contribution in [2.45, 2.75) is 24.9 Å². The van der Waals surface area contributed by atoms with Crippen molar-refractivity contribution in [3.8, 4) is 0 Å². The first kappa shape index (κ1) is 17.8. The van der Waals surface area contributed by atoms with Crippen molar-refractivity contribution >= 4 is 38.6 Å². The van der Waals surface area contributed by atoms with Crippen LogP contribution in [-0.4, -0.2) is 51.1 Å². The molecule has 0 saturated carbocycles. The Bertz CT molecular complexity index is 378. The molecule has 0 aliphatic carbocycles. The molecule has 3 atom stereocenters. The fraction of sp³-hybridized carbons (Fsp3) is 0.625. The molecule has 0 fully saturated rings. The van der Waals surface area contributed by atoms with Gasteiger partial charge in [0.1, 0.15) is 0 Å². The molecule has 0 saturated heterocycles. The summed E-state index contributed by atoms with van der Waals surface area (Å²) in [6, 6.07) is -2.55. The fourth-order valence-electron chi connectivity index (χ4n) is 1.01. The van der Waals surface area contributed by atoms with Crippen molar-refractivity contribution in [2.24, 2.45) is 0 Å². The number of thiol groups is 1. The van der Waals surface area contributed by atoms with E-state index in [9.17, 15) is 18.9 Å². The van der Waals surface area contributed by atoms with Gasteiger partial charge in [-0.2, -0.15) is 12.6 Å². The Labute approximate surface area is 114 Å². The predicted octanol–water partition coefficient (Wildman–Crippen LogP) is -0.476. The Morgan fingerprint density at radius 1 is 1.05 bits per heavy atom. The smallest absolute Gasteiger partial charge is 0.481 e. The minimum atomic E-state index is -2.51. The summed E-state index contributed by atoms with van der Waals surface area (Å²) < 4.78 is 11.5. The molecular formula is C8H14N2O7PS+. The average Bonchev–Trinajstić information content (AvgIpc) is 2.30. The number of hydrogen-bond donors (Lipinski definition) is 6. The zero-order chi connectivity index (χ0) is 15.0. The van der Waals surface area contributed by atoms with Crippen molar-refractivity contribution in [1.29, 1.82) is 0 Å². The predicted molar refractivity (Wildman–Crippen MR) is 67.4 cm³/mol. The number of hydrogen-bond acceptors (Lipinski definition) is 5. The van der Waals surface area contributed by atoms with Crippen LogP contribution in [0.3, 0.4) is 0 Å². The van der Waals surface area contributed by atoms with Gasteiger partial charge in [0.15, 0.2) is 12.1 Å². The largest absolute Gasteiger partial charge is 0.533 e. The van der Waals surface area contributed by atoms with Crippen LogP contribution in [0.4, 0.5) is 0 Å². The normalized spacial score (nSPS) is 14.5. The van der Waals surface area contributed by atoms with Crippen LogP contribution in [0.5, 0.6) is 0 Å². The van der Waals surface area contributed by atoms with Gasteiger partial charge in [-0.15, -0.1) is 0 Å². The second kappa shape index (κ2) is 8.81. The third-order valence-corrected chi connectivity index (χ3v) is 3.43. The highest BCUT2D eigenvalue weighted by molar-refractivity contribution is 7.80. The maximum atomic E-state index is 11.5. The molecule has 9 nitrogen and oxygen atoms in total. The maximum absolute atomic E-state index is 11.5. The second-order valence-corrected chi connectivity index (χ2v) is 4.92. The molecule has 0 aromatic carbocycles. The Balaban J connectivity index is 4.42. The number of carboxylic acid groups (broad SMARTS) is 3. The van der Waals surface area contributed by atoms with Gasteiger partial charge in [-0.1, -0.05) is 10.2 Å². The summed E-state index contributed by atoms with van der Waals surface area (Å²) >= 11 is 3.74. The van der Waals surface area contributed by atoms with Crippen molar-refractivity contribution in [3.63, 3.8) is 0 Å². The van der Waals surface area contributed by atoms with Crippen molar-refractivity contribution in [2.75, 3.05) is 5.75 Å². The maximum Gasteiger partial charge on any atom is 0.533 e. The molecule has 0 amide bonds. The van der Waals surface area contributed by atoms with Gasteiger partial charge < -0.3 is 15.3 Å². The Morgan fingerprint density at radius 2 is 1.53 bits per heavy atom. The van der Waals surface area contributed by atoms with Gasteiger partial charge in [0.2, 0.25) is 0 Å². The number of rotatable bonds is 10. The van der Waals surface area contributed by atoms with Gasteiger partial charge in [0.25, 0.3) is 0 Å². The van der Waals surface area contributed by atoms with E-state index in [1.165, 1.54) is 0 Å². The topological polar surface area (TPSA) is 153 Å². The molecule has 108 valence electrons. The average molecular weight is 313 g/mol. The highest BCUT2D eigenvalue weighted by atomic mass is 32.1. The lowest BCUT2D eigenvalue weighted by Crippen LogP contribution is -2.40. The van der Waals surface area contributed by atoms with E-state index in [-0.39, 0.29) is 12.2 Å². The minimum absolute atomic E-state index is 0.134. The summed E-state index contributed by atoms with van der Waals surface area (Å²) in [7, 11) is -2.51. The molecule has 0 aromatic rings. The van der Waals surface area contributed by atoms with Gasteiger partial charge in [0, 0.05) is 12.2 Å². The summed E-state index contributed by atoms with van der Waals surface area (Å²) in [5, 5.41) is 30.2. The molecule has 0 radical (unpaired) electrons. The van der Waals surface area contributed by atoms with Crippen LogP contribution in [0.15, 0.2) is 0 Å². The van der Waals surface area contributed by atoms with E-state index in [2.05, 4.69) is 22.8 Å². The highest BCUT2D eigenvalue weighted by Gasteiger charge is 2.32. The van der Waals surface area contributed by atoms with Crippen LogP contribution >= 0.6 is 20.7 Å². The van der Waals surface area contributed by atoms with E-state index in [1.807, 2.05) is 0 Å². The Kier molecular flexibility index (Phi) is 8.24. The van der Waals surface area contributed by atoms with Gasteiger partial charge in [0.05, 0.1) is 0 Å².